The zero-order valence-electron chi connectivity index (χ0n) is 17.2. The van der Waals surface area contributed by atoms with Gasteiger partial charge in [0.1, 0.15) is 11.5 Å². The molecule has 1 heterocycles. The van der Waals surface area contributed by atoms with Crippen LogP contribution in [0.25, 0.3) is 0 Å². The van der Waals surface area contributed by atoms with E-state index in [0.717, 1.165) is 36.5 Å². The molecule has 0 bridgehead atoms. The highest BCUT2D eigenvalue weighted by atomic mass is 19.4. The number of piperazine rings is 1. The summed E-state index contributed by atoms with van der Waals surface area (Å²) in [6, 6.07) is 7.98. The molecule has 1 N–H and O–H groups in total. The molecule has 7 heteroatoms. The number of hydrogen-bond acceptors (Lipinski definition) is 4. The van der Waals surface area contributed by atoms with Crippen LogP contribution in [0.1, 0.15) is 35.2 Å². The van der Waals surface area contributed by atoms with E-state index < -0.39 is 17.5 Å². The van der Waals surface area contributed by atoms with Crippen molar-refractivity contribution >= 4 is 5.69 Å². The van der Waals surface area contributed by atoms with Crippen LogP contribution in [-0.2, 0) is 6.18 Å². The Balaban J connectivity index is 1.72. The predicted molar refractivity (Wildman–Crippen MR) is 108 cm³/mol. The maximum absolute atomic E-state index is 13.1. The van der Waals surface area contributed by atoms with Crippen molar-refractivity contribution in [3.8, 4) is 11.5 Å². The summed E-state index contributed by atoms with van der Waals surface area (Å²) in [5, 5.41) is 9.54. The van der Waals surface area contributed by atoms with Crippen LogP contribution in [0.4, 0.5) is 18.9 Å². The molecule has 4 nitrogen and oxygen atoms in total. The fourth-order valence-corrected chi connectivity index (χ4v) is 4.00. The lowest BCUT2D eigenvalue weighted by Crippen LogP contribution is -2.47. The van der Waals surface area contributed by atoms with E-state index in [1.54, 1.807) is 13.2 Å². The zero-order valence-corrected chi connectivity index (χ0v) is 17.2. The molecule has 2 aromatic rings. The van der Waals surface area contributed by atoms with E-state index in [0.29, 0.717) is 18.8 Å². The summed E-state index contributed by atoms with van der Waals surface area (Å²) >= 11 is 0. The van der Waals surface area contributed by atoms with Gasteiger partial charge in [0.05, 0.1) is 12.7 Å². The molecule has 29 heavy (non-hydrogen) atoms. The van der Waals surface area contributed by atoms with Crippen LogP contribution in [0.15, 0.2) is 30.3 Å². The number of phenolic OH excluding ortho intramolecular Hbond substituents is 1. The smallest absolute Gasteiger partial charge is 0.420 e. The van der Waals surface area contributed by atoms with E-state index in [2.05, 4.69) is 24.8 Å². The third-order valence-corrected chi connectivity index (χ3v) is 5.96. The van der Waals surface area contributed by atoms with Crippen LogP contribution in [0.2, 0.25) is 0 Å². The maximum atomic E-state index is 13.1. The molecular formula is C22H27F3N2O2. The van der Waals surface area contributed by atoms with E-state index >= 15 is 0 Å². The van der Waals surface area contributed by atoms with Crippen molar-refractivity contribution in [1.29, 1.82) is 0 Å². The first-order chi connectivity index (χ1) is 13.6. The number of methoxy groups -OCH3 is 1. The Morgan fingerprint density at radius 3 is 2.24 bits per heavy atom. The molecule has 1 atom stereocenters. The number of benzene rings is 2. The number of alkyl halides is 3. The predicted octanol–water partition coefficient (Wildman–Crippen LogP) is 4.92. The molecule has 1 unspecified atom stereocenters. The molecule has 1 aliphatic rings. The van der Waals surface area contributed by atoms with Gasteiger partial charge in [0.15, 0.2) is 0 Å². The molecule has 1 aliphatic heterocycles. The van der Waals surface area contributed by atoms with Crippen molar-refractivity contribution in [1.82, 2.24) is 4.90 Å². The zero-order chi connectivity index (χ0) is 21.3. The van der Waals surface area contributed by atoms with Crippen LogP contribution in [-0.4, -0.2) is 43.3 Å². The van der Waals surface area contributed by atoms with Gasteiger partial charge < -0.3 is 14.7 Å². The number of anilines is 1. The van der Waals surface area contributed by atoms with Crippen LogP contribution in [0, 0.1) is 13.8 Å². The van der Waals surface area contributed by atoms with Gasteiger partial charge in [0.2, 0.25) is 0 Å². The molecular weight excluding hydrogens is 381 g/mol. The fraction of sp³-hybridized carbons (Fsp3) is 0.455. The van der Waals surface area contributed by atoms with Crippen LogP contribution >= 0.6 is 0 Å². The largest absolute Gasteiger partial charge is 0.507 e. The first-order valence-corrected chi connectivity index (χ1v) is 9.66. The minimum Gasteiger partial charge on any atom is -0.507 e. The third-order valence-electron chi connectivity index (χ3n) is 5.96. The lowest BCUT2D eigenvalue weighted by atomic mass is 9.96. The summed E-state index contributed by atoms with van der Waals surface area (Å²) in [5.41, 5.74) is 3.06. The van der Waals surface area contributed by atoms with Gasteiger partial charge in [0, 0.05) is 37.9 Å². The van der Waals surface area contributed by atoms with Gasteiger partial charge in [-0.25, -0.2) is 0 Å². The monoisotopic (exact) mass is 408 g/mol. The first-order valence-electron chi connectivity index (χ1n) is 9.66. The molecule has 0 aromatic heterocycles. The molecule has 0 aliphatic carbocycles. The van der Waals surface area contributed by atoms with E-state index in [1.807, 2.05) is 17.9 Å². The Hall–Kier alpha value is -2.41. The number of phenols is 1. The standard InChI is InChI=1S/C22H27F3N2O2/c1-14-15(2)21(29-4)8-6-18(14)16(3)26-9-11-27(12-10-26)17-5-7-20(28)19(13-17)22(23,24)25/h5-8,13,16,28H,9-12H2,1-4H3. The second-order valence-corrected chi connectivity index (χ2v) is 7.51. The SMILES string of the molecule is COc1ccc(C(C)N2CCN(c3ccc(O)c(C(F)(F)F)c3)CC2)c(C)c1C. The lowest BCUT2D eigenvalue weighted by Gasteiger charge is -2.40. The Bertz CT molecular complexity index is 875. The van der Waals surface area contributed by atoms with Gasteiger partial charge in [-0.05, 0) is 61.7 Å². The van der Waals surface area contributed by atoms with Crippen molar-refractivity contribution in [3.05, 3.63) is 52.6 Å². The fourth-order valence-electron chi connectivity index (χ4n) is 4.00. The van der Waals surface area contributed by atoms with Gasteiger partial charge in [0.25, 0.3) is 0 Å². The average Bonchev–Trinajstić information content (AvgIpc) is 2.69. The number of aromatic hydroxyl groups is 1. The number of rotatable bonds is 4. The van der Waals surface area contributed by atoms with Crippen molar-refractivity contribution < 1.29 is 23.0 Å². The summed E-state index contributed by atoms with van der Waals surface area (Å²) in [7, 11) is 1.66. The quantitative estimate of drug-likeness (QED) is 0.779. The van der Waals surface area contributed by atoms with Gasteiger partial charge in [-0.2, -0.15) is 13.2 Å². The number of nitrogens with zero attached hydrogens (tertiary/aromatic N) is 2. The number of halogens is 3. The highest BCUT2D eigenvalue weighted by molar-refractivity contribution is 5.54. The maximum Gasteiger partial charge on any atom is 0.420 e. The molecule has 2 aromatic carbocycles. The Labute approximate surface area is 169 Å². The second kappa shape index (κ2) is 8.14. The van der Waals surface area contributed by atoms with Crippen molar-refractivity contribution in [2.45, 2.75) is 33.0 Å². The van der Waals surface area contributed by atoms with E-state index in [-0.39, 0.29) is 6.04 Å². The Morgan fingerprint density at radius 1 is 1.00 bits per heavy atom. The molecule has 3 rings (SSSR count). The summed E-state index contributed by atoms with van der Waals surface area (Å²) in [5.74, 6) is 0.134. The van der Waals surface area contributed by atoms with Gasteiger partial charge in [-0.15, -0.1) is 0 Å². The Morgan fingerprint density at radius 2 is 1.66 bits per heavy atom. The molecule has 1 saturated heterocycles. The second-order valence-electron chi connectivity index (χ2n) is 7.51. The van der Waals surface area contributed by atoms with Gasteiger partial charge in [-0.1, -0.05) is 6.07 Å². The van der Waals surface area contributed by atoms with Crippen LogP contribution < -0.4 is 9.64 Å². The highest BCUT2D eigenvalue weighted by Crippen LogP contribution is 2.38. The van der Waals surface area contributed by atoms with Crippen LogP contribution in [0.3, 0.4) is 0 Å². The topological polar surface area (TPSA) is 35.9 Å². The van der Waals surface area contributed by atoms with Crippen molar-refractivity contribution in [3.63, 3.8) is 0 Å². The third kappa shape index (κ3) is 4.29. The van der Waals surface area contributed by atoms with Crippen molar-refractivity contribution in [2.75, 3.05) is 38.2 Å². The number of hydrogen-bond donors (Lipinski definition) is 1. The molecule has 0 spiro atoms. The first kappa shape index (κ1) is 21.3. The molecule has 1 fully saturated rings. The molecule has 158 valence electrons. The summed E-state index contributed by atoms with van der Waals surface area (Å²) in [4.78, 5) is 4.28. The Kier molecular flexibility index (Phi) is 5.98. The lowest BCUT2D eigenvalue weighted by molar-refractivity contribution is -0.138. The normalized spacial score (nSPS) is 16.7. The van der Waals surface area contributed by atoms with Crippen molar-refractivity contribution in [2.24, 2.45) is 0 Å². The molecule has 0 radical (unpaired) electrons. The highest BCUT2D eigenvalue weighted by Gasteiger charge is 2.35. The molecule has 0 amide bonds. The molecule has 0 saturated carbocycles. The summed E-state index contributed by atoms with van der Waals surface area (Å²) < 4.78 is 44.6. The summed E-state index contributed by atoms with van der Waals surface area (Å²) in [6.07, 6.45) is -4.57. The van der Waals surface area contributed by atoms with E-state index in [4.69, 9.17) is 4.74 Å². The summed E-state index contributed by atoms with van der Waals surface area (Å²) in [6.45, 7) is 9.04. The van der Waals surface area contributed by atoms with Gasteiger partial charge in [-0.3, -0.25) is 4.90 Å². The minimum absolute atomic E-state index is 0.201. The van der Waals surface area contributed by atoms with Gasteiger partial charge >= 0.3 is 6.18 Å². The van der Waals surface area contributed by atoms with E-state index in [9.17, 15) is 18.3 Å². The van der Waals surface area contributed by atoms with E-state index in [1.165, 1.54) is 11.1 Å². The number of ether oxygens (including phenoxy) is 1. The average molecular weight is 408 g/mol. The van der Waals surface area contributed by atoms with Crippen LogP contribution in [0.5, 0.6) is 11.5 Å². The minimum atomic E-state index is -4.57.